The van der Waals surface area contributed by atoms with E-state index >= 15 is 0 Å². The Kier molecular flexibility index (Phi) is 6.79. The van der Waals surface area contributed by atoms with Crippen LogP contribution in [0.25, 0.3) is 0 Å². The van der Waals surface area contributed by atoms with E-state index < -0.39 is 0 Å². The highest BCUT2D eigenvalue weighted by Crippen LogP contribution is 2.32. The lowest BCUT2D eigenvalue weighted by Gasteiger charge is -2.29. The molecule has 0 bridgehead atoms. The average molecular weight is 318 g/mol. The van der Waals surface area contributed by atoms with Crippen molar-refractivity contribution in [2.75, 3.05) is 18.0 Å². The molecule has 0 atom stereocenters. The van der Waals surface area contributed by atoms with Gasteiger partial charge in [-0.05, 0) is 23.0 Å². The zero-order valence-electron chi connectivity index (χ0n) is 15.3. The molecular formula is C19H30N2O2. The molecule has 0 saturated heterocycles. The lowest BCUT2D eigenvalue weighted by molar-refractivity contribution is -0.121. The first-order chi connectivity index (χ1) is 10.6. The fraction of sp³-hybridized carbons (Fsp3) is 0.579. The summed E-state index contributed by atoms with van der Waals surface area (Å²) in [5.74, 6) is 0.362. The normalized spacial score (nSPS) is 11.4. The number of para-hydroxylation sites is 1. The summed E-state index contributed by atoms with van der Waals surface area (Å²) in [6.07, 6.45) is 0.310. The second-order valence-corrected chi connectivity index (χ2v) is 7.39. The first-order valence-corrected chi connectivity index (χ1v) is 8.27. The van der Waals surface area contributed by atoms with Crippen LogP contribution >= 0.6 is 0 Å². The van der Waals surface area contributed by atoms with Crippen LogP contribution in [0.15, 0.2) is 24.3 Å². The van der Waals surface area contributed by atoms with E-state index in [4.69, 9.17) is 0 Å². The molecular weight excluding hydrogens is 288 g/mol. The van der Waals surface area contributed by atoms with Gasteiger partial charge in [-0.3, -0.25) is 9.59 Å². The number of hydrogen-bond donors (Lipinski definition) is 1. The molecule has 0 saturated carbocycles. The van der Waals surface area contributed by atoms with Crippen molar-refractivity contribution in [2.45, 2.75) is 53.4 Å². The number of carbonyl (C=O) groups excluding carboxylic acids is 2. The van der Waals surface area contributed by atoms with Crippen molar-refractivity contribution in [2.24, 2.45) is 5.92 Å². The van der Waals surface area contributed by atoms with Gasteiger partial charge >= 0.3 is 0 Å². The van der Waals surface area contributed by atoms with Crippen LogP contribution in [0.2, 0.25) is 0 Å². The standard InChI is InChI=1S/C19H30N2O2/c1-14(2)13-20-18(23)11-12-21(15(3)22)17-10-8-7-9-16(17)19(4,5)6/h7-10,14H,11-13H2,1-6H3,(H,20,23). The number of amides is 2. The van der Waals surface area contributed by atoms with Crippen molar-refractivity contribution in [3.63, 3.8) is 0 Å². The fourth-order valence-electron chi connectivity index (χ4n) is 2.41. The molecule has 0 aliphatic carbocycles. The van der Waals surface area contributed by atoms with Gasteiger partial charge in [0.1, 0.15) is 0 Å². The van der Waals surface area contributed by atoms with Crippen molar-refractivity contribution in [3.05, 3.63) is 29.8 Å². The summed E-state index contributed by atoms with van der Waals surface area (Å²) >= 11 is 0. The number of anilines is 1. The molecule has 4 nitrogen and oxygen atoms in total. The van der Waals surface area contributed by atoms with E-state index in [0.29, 0.717) is 25.4 Å². The zero-order chi connectivity index (χ0) is 17.6. The lowest BCUT2D eigenvalue weighted by Crippen LogP contribution is -2.36. The highest BCUT2D eigenvalue weighted by molar-refractivity contribution is 5.93. The highest BCUT2D eigenvalue weighted by Gasteiger charge is 2.23. The van der Waals surface area contributed by atoms with Crippen LogP contribution in [0.1, 0.15) is 53.5 Å². The summed E-state index contributed by atoms with van der Waals surface area (Å²) in [6.45, 7) is 13.1. The van der Waals surface area contributed by atoms with Gasteiger partial charge in [0.15, 0.2) is 0 Å². The molecule has 128 valence electrons. The third kappa shape index (κ3) is 6.05. The quantitative estimate of drug-likeness (QED) is 0.872. The summed E-state index contributed by atoms with van der Waals surface area (Å²) in [7, 11) is 0. The topological polar surface area (TPSA) is 49.4 Å². The van der Waals surface area contributed by atoms with Gasteiger partial charge in [-0.15, -0.1) is 0 Å². The van der Waals surface area contributed by atoms with Crippen molar-refractivity contribution in [1.82, 2.24) is 5.32 Å². The van der Waals surface area contributed by atoms with Crippen molar-refractivity contribution in [3.8, 4) is 0 Å². The van der Waals surface area contributed by atoms with Crippen LogP contribution in [0.5, 0.6) is 0 Å². The summed E-state index contributed by atoms with van der Waals surface area (Å²) < 4.78 is 0. The molecule has 1 aromatic carbocycles. The molecule has 0 aliphatic heterocycles. The van der Waals surface area contributed by atoms with Gasteiger partial charge in [0.05, 0.1) is 0 Å². The molecule has 2 amide bonds. The van der Waals surface area contributed by atoms with Crippen LogP contribution in [0, 0.1) is 5.92 Å². The zero-order valence-corrected chi connectivity index (χ0v) is 15.3. The third-order valence-electron chi connectivity index (χ3n) is 3.65. The summed E-state index contributed by atoms with van der Waals surface area (Å²) in [5, 5.41) is 2.90. The lowest BCUT2D eigenvalue weighted by atomic mass is 9.85. The smallest absolute Gasteiger partial charge is 0.223 e. The van der Waals surface area contributed by atoms with E-state index in [1.165, 1.54) is 0 Å². The van der Waals surface area contributed by atoms with E-state index in [-0.39, 0.29) is 17.2 Å². The summed E-state index contributed by atoms with van der Waals surface area (Å²) in [6, 6.07) is 7.91. The maximum absolute atomic E-state index is 12.1. The van der Waals surface area contributed by atoms with Crippen LogP contribution in [0.4, 0.5) is 5.69 Å². The van der Waals surface area contributed by atoms with Crippen LogP contribution < -0.4 is 10.2 Å². The minimum atomic E-state index is -0.0653. The van der Waals surface area contributed by atoms with Gasteiger partial charge in [-0.2, -0.15) is 0 Å². The minimum Gasteiger partial charge on any atom is -0.356 e. The van der Waals surface area contributed by atoms with Crippen molar-refractivity contribution >= 4 is 17.5 Å². The number of hydrogen-bond acceptors (Lipinski definition) is 2. The predicted octanol–water partition coefficient (Wildman–Crippen LogP) is 3.50. The summed E-state index contributed by atoms with van der Waals surface area (Å²) in [5.41, 5.74) is 1.94. The SMILES string of the molecule is CC(=O)N(CCC(=O)NCC(C)C)c1ccccc1C(C)(C)C. The Bertz CT molecular complexity index is 545. The number of rotatable bonds is 6. The van der Waals surface area contributed by atoms with Gasteiger partial charge < -0.3 is 10.2 Å². The minimum absolute atomic E-state index is 0.0156. The predicted molar refractivity (Wildman–Crippen MR) is 95.6 cm³/mol. The van der Waals surface area contributed by atoms with Gasteiger partial charge in [-0.25, -0.2) is 0 Å². The van der Waals surface area contributed by atoms with Crippen LogP contribution in [-0.2, 0) is 15.0 Å². The van der Waals surface area contributed by atoms with E-state index in [9.17, 15) is 9.59 Å². The van der Waals surface area contributed by atoms with Gasteiger partial charge in [0.2, 0.25) is 11.8 Å². The van der Waals surface area contributed by atoms with E-state index in [1.807, 2.05) is 24.3 Å². The van der Waals surface area contributed by atoms with Gasteiger partial charge in [0, 0.05) is 32.1 Å². The maximum Gasteiger partial charge on any atom is 0.223 e. The van der Waals surface area contributed by atoms with Crippen molar-refractivity contribution in [1.29, 1.82) is 0 Å². The molecule has 0 aliphatic rings. The molecule has 1 aromatic rings. The highest BCUT2D eigenvalue weighted by atomic mass is 16.2. The molecule has 0 aromatic heterocycles. The van der Waals surface area contributed by atoms with Gasteiger partial charge in [-0.1, -0.05) is 52.8 Å². The largest absolute Gasteiger partial charge is 0.356 e. The Labute approximate surface area is 140 Å². The first kappa shape index (κ1) is 19.2. The second kappa shape index (κ2) is 8.14. The van der Waals surface area contributed by atoms with Crippen LogP contribution in [0.3, 0.4) is 0 Å². The molecule has 1 rings (SSSR count). The molecule has 4 heteroatoms. The number of benzene rings is 1. The molecule has 23 heavy (non-hydrogen) atoms. The first-order valence-electron chi connectivity index (χ1n) is 8.27. The Morgan fingerprint density at radius 2 is 1.78 bits per heavy atom. The van der Waals surface area contributed by atoms with E-state index in [0.717, 1.165) is 11.3 Å². The molecule has 0 radical (unpaired) electrons. The Hall–Kier alpha value is -1.84. The number of carbonyl (C=O) groups is 2. The Morgan fingerprint density at radius 1 is 1.17 bits per heavy atom. The molecule has 0 fully saturated rings. The number of nitrogens with one attached hydrogen (secondary N) is 1. The fourth-order valence-corrected chi connectivity index (χ4v) is 2.41. The van der Waals surface area contributed by atoms with E-state index in [2.05, 4.69) is 39.9 Å². The monoisotopic (exact) mass is 318 g/mol. The average Bonchev–Trinajstić information content (AvgIpc) is 2.44. The Balaban J connectivity index is 2.89. The second-order valence-electron chi connectivity index (χ2n) is 7.39. The third-order valence-corrected chi connectivity index (χ3v) is 3.65. The Morgan fingerprint density at radius 3 is 2.30 bits per heavy atom. The van der Waals surface area contributed by atoms with Crippen molar-refractivity contribution < 1.29 is 9.59 Å². The molecule has 0 spiro atoms. The summed E-state index contributed by atoms with van der Waals surface area (Å²) in [4.78, 5) is 25.7. The number of nitrogens with zero attached hydrogens (tertiary/aromatic N) is 1. The van der Waals surface area contributed by atoms with Gasteiger partial charge in [0.25, 0.3) is 0 Å². The molecule has 1 N–H and O–H groups in total. The van der Waals surface area contributed by atoms with E-state index in [1.54, 1.807) is 11.8 Å². The molecule has 0 unspecified atom stereocenters. The maximum atomic E-state index is 12.1. The molecule has 0 heterocycles. The van der Waals surface area contributed by atoms with Crippen LogP contribution in [-0.4, -0.2) is 24.9 Å².